The zero-order valence-corrected chi connectivity index (χ0v) is 30.9. The van der Waals surface area contributed by atoms with E-state index in [4.69, 9.17) is 14.2 Å². The van der Waals surface area contributed by atoms with Gasteiger partial charge in [0, 0.05) is 19.3 Å². The smallest absolute Gasteiger partial charge is 0.306 e. The molecular weight excluding hydrogens is 594 g/mol. The highest BCUT2D eigenvalue weighted by Gasteiger charge is 2.25. The normalized spacial score (nSPS) is 13.3. The predicted molar refractivity (Wildman–Crippen MR) is 190 cm³/mol. The van der Waals surface area contributed by atoms with Crippen molar-refractivity contribution in [1.82, 2.24) is 0 Å². The molecule has 0 heterocycles. The van der Waals surface area contributed by atoms with E-state index in [0.717, 1.165) is 25.7 Å². The molecule has 274 valence electrons. The molecule has 0 radical (unpaired) electrons. The van der Waals surface area contributed by atoms with Gasteiger partial charge in [-0.05, 0) is 38.5 Å². The van der Waals surface area contributed by atoms with Gasteiger partial charge in [0.05, 0.1) is 40.3 Å². The molecule has 0 saturated carbocycles. The van der Waals surface area contributed by atoms with Crippen LogP contribution in [0.4, 0.5) is 0 Å². The van der Waals surface area contributed by atoms with E-state index in [-0.39, 0.29) is 49.1 Å². The van der Waals surface area contributed by atoms with E-state index in [1.165, 1.54) is 96.3 Å². The molecule has 0 amide bonds. The molecule has 2 atom stereocenters. The van der Waals surface area contributed by atoms with E-state index >= 15 is 0 Å². The summed E-state index contributed by atoms with van der Waals surface area (Å²) in [6, 6.07) is -0.719. The van der Waals surface area contributed by atoms with Crippen LogP contribution in [0.5, 0.6) is 0 Å². The van der Waals surface area contributed by atoms with Crippen molar-refractivity contribution < 1.29 is 38.2 Å². The zero-order chi connectivity index (χ0) is 35.0. The van der Waals surface area contributed by atoms with E-state index in [0.29, 0.717) is 6.42 Å². The Morgan fingerprint density at radius 3 is 1.66 bits per heavy atom. The van der Waals surface area contributed by atoms with Crippen LogP contribution in [0.2, 0.25) is 0 Å². The lowest BCUT2D eigenvalue weighted by Crippen LogP contribution is -2.55. The van der Waals surface area contributed by atoms with Crippen molar-refractivity contribution in [3.63, 3.8) is 0 Å². The lowest BCUT2D eigenvalue weighted by molar-refractivity contribution is -0.889. The van der Waals surface area contributed by atoms with Crippen LogP contribution < -0.4 is 5.11 Å². The average molecular weight is 666 g/mol. The summed E-state index contributed by atoms with van der Waals surface area (Å²) in [5, 5.41) is 11.4. The number of carboxylic acid groups (broad SMARTS) is 1. The van der Waals surface area contributed by atoms with Gasteiger partial charge in [-0.3, -0.25) is 9.59 Å². The van der Waals surface area contributed by atoms with Crippen molar-refractivity contribution in [3.05, 3.63) is 24.3 Å². The summed E-state index contributed by atoms with van der Waals surface area (Å²) in [7, 11) is 5.36. The topological polar surface area (TPSA) is 102 Å². The van der Waals surface area contributed by atoms with E-state index in [9.17, 15) is 19.5 Å². The second-order valence-corrected chi connectivity index (χ2v) is 13.8. The highest BCUT2D eigenvalue weighted by atomic mass is 16.6. The molecule has 0 N–H and O–H groups in total. The highest BCUT2D eigenvalue weighted by Crippen LogP contribution is 2.14. The molecule has 8 nitrogen and oxygen atoms in total. The van der Waals surface area contributed by atoms with Gasteiger partial charge in [-0.1, -0.05) is 122 Å². The number of carboxylic acids is 1. The molecule has 0 aromatic heterocycles. The maximum absolute atomic E-state index is 12.4. The van der Waals surface area contributed by atoms with Gasteiger partial charge < -0.3 is 28.6 Å². The molecule has 2 unspecified atom stereocenters. The van der Waals surface area contributed by atoms with Gasteiger partial charge >= 0.3 is 11.9 Å². The summed E-state index contributed by atoms with van der Waals surface area (Å²) in [5.41, 5.74) is 0. The number of unbranched alkanes of at least 4 members (excludes halogenated alkanes) is 16. The summed E-state index contributed by atoms with van der Waals surface area (Å²) in [6.45, 7) is 4.08. The Morgan fingerprint density at radius 1 is 0.660 bits per heavy atom. The van der Waals surface area contributed by atoms with Gasteiger partial charge in [-0.15, -0.1) is 0 Å². The fourth-order valence-corrected chi connectivity index (χ4v) is 5.38. The number of rotatable bonds is 33. The standard InChI is InChI=1S/C39H71NO7/c1-6-8-9-10-11-12-13-14-15-16-17-18-19-20-21-22-23-24-25-26-27-28-29-30-38(42)47-35(34-46-37(41)7-2)33-45-32-31-36(39(43)44)40(3,4)5/h13-14,16-17,35-36H,6-12,15,18-34H2,1-5H3/b14-13-,17-16-. The Labute approximate surface area is 288 Å². The lowest BCUT2D eigenvalue weighted by atomic mass is 10.0. The predicted octanol–water partition coefficient (Wildman–Crippen LogP) is 8.02. The molecule has 0 aliphatic heterocycles. The van der Waals surface area contributed by atoms with Gasteiger partial charge in [-0.2, -0.15) is 0 Å². The number of ether oxygens (including phenoxy) is 3. The first kappa shape index (κ1) is 44.8. The maximum Gasteiger partial charge on any atom is 0.306 e. The molecule has 0 aromatic carbocycles. The van der Waals surface area contributed by atoms with E-state index in [1.54, 1.807) is 28.1 Å². The first-order valence-electron chi connectivity index (χ1n) is 18.9. The van der Waals surface area contributed by atoms with E-state index < -0.39 is 18.1 Å². The van der Waals surface area contributed by atoms with Crippen LogP contribution in [-0.2, 0) is 28.6 Å². The maximum atomic E-state index is 12.4. The van der Waals surface area contributed by atoms with E-state index in [2.05, 4.69) is 31.2 Å². The molecular formula is C39H71NO7. The Kier molecular flexibility index (Phi) is 29.7. The van der Waals surface area contributed by atoms with Gasteiger partial charge in [0.15, 0.2) is 6.10 Å². The molecule has 0 bridgehead atoms. The summed E-state index contributed by atoms with van der Waals surface area (Å²) in [6.07, 6.45) is 32.8. The molecule has 0 aliphatic carbocycles. The number of quaternary nitrogens is 1. The second kappa shape index (κ2) is 31.1. The largest absolute Gasteiger partial charge is 0.544 e. The first-order valence-corrected chi connectivity index (χ1v) is 18.9. The lowest BCUT2D eigenvalue weighted by Gasteiger charge is -2.34. The number of allylic oxidation sites excluding steroid dienone is 4. The summed E-state index contributed by atoms with van der Waals surface area (Å²) < 4.78 is 16.5. The van der Waals surface area contributed by atoms with Crippen LogP contribution >= 0.6 is 0 Å². The molecule has 0 saturated heterocycles. The van der Waals surface area contributed by atoms with Gasteiger partial charge in [-0.25, -0.2) is 0 Å². The minimum atomic E-state index is -1.13. The number of carbonyl (C=O) groups excluding carboxylic acids is 3. The number of aliphatic carboxylic acids is 1. The molecule has 8 heteroatoms. The molecule has 0 spiro atoms. The molecule has 0 aromatic rings. The molecule has 0 rings (SSSR count). The van der Waals surface area contributed by atoms with Crippen LogP contribution in [0.25, 0.3) is 0 Å². The quantitative estimate of drug-likeness (QED) is 0.0303. The summed E-state index contributed by atoms with van der Waals surface area (Å²) >= 11 is 0. The minimum Gasteiger partial charge on any atom is -0.544 e. The van der Waals surface area contributed by atoms with Crippen molar-refractivity contribution in [2.75, 3.05) is 41.0 Å². The van der Waals surface area contributed by atoms with Crippen molar-refractivity contribution in [2.45, 2.75) is 167 Å². The average Bonchev–Trinajstić information content (AvgIpc) is 3.02. The van der Waals surface area contributed by atoms with Crippen LogP contribution in [0.3, 0.4) is 0 Å². The summed E-state index contributed by atoms with van der Waals surface area (Å²) in [5.74, 6) is -1.84. The number of hydrogen-bond donors (Lipinski definition) is 0. The Bertz CT molecular complexity index is 834. The van der Waals surface area contributed by atoms with Crippen molar-refractivity contribution in [2.24, 2.45) is 0 Å². The van der Waals surface area contributed by atoms with Crippen LogP contribution in [0.1, 0.15) is 155 Å². The number of likely N-dealkylation sites (N-methyl/N-ethyl adjacent to an activating group) is 1. The third-order valence-corrected chi connectivity index (χ3v) is 8.40. The van der Waals surface area contributed by atoms with Crippen LogP contribution in [0, 0.1) is 0 Å². The monoisotopic (exact) mass is 666 g/mol. The van der Waals surface area contributed by atoms with Gasteiger partial charge in [0.1, 0.15) is 12.6 Å². The third kappa shape index (κ3) is 29.7. The second-order valence-electron chi connectivity index (χ2n) is 13.8. The zero-order valence-electron chi connectivity index (χ0n) is 30.9. The number of hydrogen-bond acceptors (Lipinski definition) is 7. The van der Waals surface area contributed by atoms with Gasteiger partial charge in [0.25, 0.3) is 0 Å². The van der Waals surface area contributed by atoms with E-state index in [1.807, 2.05) is 0 Å². The highest BCUT2D eigenvalue weighted by molar-refractivity contribution is 5.70. The first-order chi connectivity index (χ1) is 22.6. The Morgan fingerprint density at radius 2 is 1.17 bits per heavy atom. The number of carbonyl (C=O) groups is 3. The molecule has 0 aliphatic rings. The number of nitrogens with zero attached hydrogens (tertiary/aromatic N) is 1. The Balaban J connectivity index is 3.86. The van der Waals surface area contributed by atoms with Crippen molar-refractivity contribution in [1.29, 1.82) is 0 Å². The van der Waals surface area contributed by atoms with Gasteiger partial charge in [0.2, 0.25) is 0 Å². The number of esters is 2. The van der Waals surface area contributed by atoms with Crippen molar-refractivity contribution >= 4 is 17.9 Å². The fourth-order valence-electron chi connectivity index (χ4n) is 5.38. The van der Waals surface area contributed by atoms with Crippen LogP contribution in [0.15, 0.2) is 24.3 Å². The van der Waals surface area contributed by atoms with Crippen LogP contribution in [-0.4, -0.2) is 75.5 Å². The van der Waals surface area contributed by atoms with Crippen molar-refractivity contribution in [3.8, 4) is 0 Å². The fraction of sp³-hybridized carbons (Fsp3) is 0.821. The Hall–Kier alpha value is -2.19. The molecule has 47 heavy (non-hydrogen) atoms. The summed E-state index contributed by atoms with van der Waals surface area (Å²) in [4.78, 5) is 35.5. The third-order valence-electron chi connectivity index (χ3n) is 8.40. The SMILES string of the molecule is CCCCCCC/C=C\C/C=C\CCCCCCCCCCCCCC(=O)OC(COCCC(C(=O)[O-])[N+](C)(C)C)COC(=O)CC. The minimum absolute atomic E-state index is 0.0356. The molecule has 0 fully saturated rings.